The predicted molar refractivity (Wildman–Crippen MR) is 45.6 cm³/mol. The minimum atomic E-state index is -1.70. The molecule has 0 aliphatic carbocycles. The third-order valence-corrected chi connectivity index (χ3v) is 1.52. The van der Waals surface area contributed by atoms with Crippen LogP contribution in [0.25, 0.3) is 0 Å². The molecule has 0 atom stereocenters. The summed E-state index contributed by atoms with van der Waals surface area (Å²) in [5.74, 6) is -0.677. The molecule has 13 heavy (non-hydrogen) atoms. The molecule has 0 aromatic heterocycles. The van der Waals surface area contributed by atoms with Crippen molar-refractivity contribution >= 4 is 18.8 Å². The lowest BCUT2D eigenvalue weighted by atomic mass is 9.80. The van der Waals surface area contributed by atoms with Gasteiger partial charge in [0.05, 0.1) is 6.21 Å². The molecule has 3 N–H and O–H groups in total. The van der Waals surface area contributed by atoms with E-state index in [9.17, 15) is 4.39 Å². The standard InChI is InChI=1S/C7H7BFNO3/c9-7-3-6(8(11)12)2-1-5(7)4-10-13/h1-4,11-13H/b10-4-. The average Bonchev–Trinajstić information content (AvgIpc) is 2.08. The highest BCUT2D eigenvalue weighted by molar-refractivity contribution is 6.58. The van der Waals surface area contributed by atoms with Gasteiger partial charge in [-0.1, -0.05) is 17.3 Å². The second-order valence-electron chi connectivity index (χ2n) is 2.40. The monoisotopic (exact) mass is 183 g/mol. The highest BCUT2D eigenvalue weighted by atomic mass is 19.1. The first-order valence-corrected chi connectivity index (χ1v) is 3.48. The molecule has 0 fully saturated rings. The van der Waals surface area contributed by atoms with E-state index in [1.165, 1.54) is 12.1 Å². The summed E-state index contributed by atoms with van der Waals surface area (Å²) in [5.41, 5.74) is 0.125. The van der Waals surface area contributed by atoms with Crippen LogP contribution in [0.3, 0.4) is 0 Å². The van der Waals surface area contributed by atoms with Crippen LogP contribution in [0.2, 0.25) is 0 Å². The zero-order chi connectivity index (χ0) is 9.84. The van der Waals surface area contributed by atoms with Crippen molar-refractivity contribution < 1.29 is 19.6 Å². The van der Waals surface area contributed by atoms with Gasteiger partial charge >= 0.3 is 7.12 Å². The summed E-state index contributed by atoms with van der Waals surface area (Å²) in [4.78, 5) is 0. The Hall–Kier alpha value is -1.40. The SMILES string of the molecule is O/N=C\c1ccc(B(O)O)cc1F. The average molecular weight is 183 g/mol. The van der Waals surface area contributed by atoms with E-state index < -0.39 is 12.9 Å². The van der Waals surface area contributed by atoms with Crippen molar-refractivity contribution in [3.05, 3.63) is 29.6 Å². The van der Waals surface area contributed by atoms with Crippen molar-refractivity contribution in [2.75, 3.05) is 0 Å². The third kappa shape index (κ3) is 2.27. The highest BCUT2D eigenvalue weighted by Gasteiger charge is 2.12. The van der Waals surface area contributed by atoms with E-state index in [-0.39, 0.29) is 11.0 Å². The minimum Gasteiger partial charge on any atom is -0.423 e. The number of oxime groups is 1. The van der Waals surface area contributed by atoms with E-state index in [1.807, 2.05) is 0 Å². The molecule has 0 heterocycles. The second-order valence-corrected chi connectivity index (χ2v) is 2.40. The molecular weight excluding hydrogens is 176 g/mol. The van der Waals surface area contributed by atoms with E-state index in [0.29, 0.717) is 0 Å². The fourth-order valence-electron chi connectivity index (χ4n) is 0.871. The molecule has 1 aromatic rings. The number of hydrogen-bond acceptors (Lipinski definition) is 4. The lowest BCUT2D eigenvalue weighted by Gasteiger charge is -2.00. The Morgan fingerprint density at radius 3 is 2.54 bits per heavy atom. The van der Waals surface area contributed by atoms with E-state index in [0.717, 1.165) is 12.3 Å². The van der Waals surface area contributed by atoms with Crippen LogP contribution in [-0.4, -0.2) is 28.6 Å². The van der Waals surface area contributed by atoms with Crippen LogP contribution in [-0.2, 0) is 0 Å². The maximum atomic E-state index is 13.0. The summed E-state index contributed by atoms with van der Waals surface area (Å²) in [7, 11) is -1.70. The molecule has 68 valence electrons. The van der Waals surface area contributed by atoms with Crippen molar-refractivity contribution in [3.63, 3.8) is 0 Å². The Balaban J connectivity index is 3.05. The fraction of sp³-hybridized carbons (Fsp3) is 0. The third-order valence-electron chi connectivity index (χ3n) is 1.52. The largest absolute Gasteiger partial charge is 0.488 e. The molecule has 0 saturated carbocycles. The van der Waals surface area contributed by atoms with Gasteiger partial charge in [-0.25, -0.2) is 4.39 Å². The Morgan fingerprint density at radius 2 is 2.08 bits per heavy atom. The molecule has 6 heteroatoms. The second kappa shape index (κ2) is 4.02. The topological polar surface area (TPSA) is 73.1 Å². The Morgan fingerprint density at radius 1 is 1.38 bits per heavy atom. The number of rotatable bonds is 2. The molecule has 0 aliphatic heterocycles. The Kier molecular flexibility index (Phi) is 3.00. The lowest BCUT2D eigenvalue weighted by Crippen LogP contribution is -2.30. The van der Waals surface area contributed by atoms with Gasteiger partial charge in [-0.15, -0.1) is 0 Å². The lowest BCUT2D eigenvalue weighted by molar-refractivity contribution is 0.321. The minimum absolute atomic E-state index is 0.0487. The number of halogens is 1. The van der Waals surface area contributed by atoms with Gasteiger partial charge in [-0.2, -0.15) is 0 Å². The zero-order valence-electron chi connectivity index (χ0n) is 6.55. The van der Waals surface area contributed by atoms with Gasteiger partial charge in [-0.3, -0.25) is 0 Å². The molecule has 0 saturated heterocycles. The number of hydrogen-bond donors (Lipinski definition) is 3. The van der Waals surface area contributed by atoms with Crippen LogP contribution < -0.4 is 5.46 Å². The maximum absolute atomic E-state index is 13.0. The van der Waals surface area contributed by atoms with Crippen LogP contribution in [0.4, 0.5) is 4.39 Å². The van der Waals surface area contributed by atoms with E-state index >= 15 is 0 Å². The summed E-state index contributed by atoms with van der Waals surface area (Å²) >= 11 is 0. The van der Waals surface area contributed by atoms with Gasteiger partial charge in [0.2, 0.25) is 0 Å². The van der Waals surface area contributed by atoms with Gasteiger partial charge in [-0.05, 0) is 11.5 Å². The molecule has 1 aromatic carbocycles. The van der Waals surface area contributed by atoms with Crippen molar-refractivity contribution in [1.82, 2.24) is 0 Å². The molecule has 4 nitrogen and oxygen atoms in total. The molecule has 0 unspecified atom stereocenters. The fourth-order valence-corrected chi connectivity index (χ4v) is 0.871. The number of benzene rings is 1. The quantitative estimate of drug-likeness (QED) is 0.246. The van der Waals surface area contributed by atoms with Crippen LogP contribution in [0, 0.1) is 5.82 Å². The van der Waals surface area contributed by atoms with Crippen molar-refractivity contribution in [3.8, 4) is 0 Å². The molecular formula is C7H7BFNO3. The number of nitrogens with zero attached hydrogens (tertiary/aromatic N) is 1. The Labute approximate surface area is 74.1 Å². The van der Waals surface area contributed by atoms with E-state index in [2.05, 4.69) is 5.16 Å². The van der Waals surface area contributed by atoms with Crippen LogP contribution in [0.1, 0.15) is 5.56 Å². The summed E-state index contributed by atoms with van der Waals surface area (Å²) in [6.45, 7) is 0. The Bertz CT molecular complexity index is 330. The van der Waals surface area contributed by atoms with Crippen LogP contribution >= 0.6 is 0 Å². The molecule has 0 amide bonds. The first-order chi connectivity index (χ1) is 6.15. The van der Waals surface area contributed by atoms with E-state index in [1.54, 1.807) is 0 Å². The molecule has 0 aliphatic rings. The summed E-state index contributed by atoms with van der Waals surface area (Å²) in [5, 5.41) is 28.1. The maximum Gasteiger partial charge on any atom is 0.488 e. The van der Waals surface area contributed by atoms with Gasteiger partial charge in [0.1, 0.15) is 5.82 Å². The summed E-state index contributed by atoms with van der Waals surface area (Å²) < 4.78 is 13.0. The molecule has 0 bridgehead atoms. The van der Waals surface area contributed by atoms with Crippen molar-refractivity contribution in [1.29, 1.82) is 0 Å². The van der Waals surface area contributed by atoms with Gasteiger partial charge in [0, 0.05) is 5.56 Å². The van der Waals surface area contributed by atoms with Gasteiger partial charge in [0.25, 0.3) is 0 Å². The zero-order valence-corrected chi connectivity index (χ0v) is 6.55. The summed E-state index contributed by atoms with van der Waals surface area (Å²) in [6.07, 6.45) is 0.920. The molecule has 1 rings (SSSR count). The van der Waals surface area contributed by atoms with Crippen LogP contribution in [0.15, 0.2) is 23.4 Å². The van der Waals surface area contributed by atoms with Crippen molar-refractivity contribution in [2.24, 2.45) is 5.16 Å². The highest BCUT2D eigenvalue weighted by Crippen LogP contribution is 2.01. The smallest absolute Gasteiger partial charge is 0.423 e. The predicted octanol–water partition coefficient (Wildman–Crippen LogP) is -0.686. The molecule has 0 spiro atoms. The van der Waals surface area contributed by atoms with Crippen LogP contribution in [0.5, 0.6) is 0 Å². The van der Waals surface area contributed by atoms with Gasteiger partial charge in [0.15, 0.2) is 0 Å². The normalized spacial score (nSPS) is 10.7. The van der Waals surface area contributed by atoms with Crippen molar-refractivity contribution in [2.45, 2.75) is 0 Å². The summed E-state index contributed by atoms with van der Waals surface area (Å²) in [6, 6.07) is 3.57. The first-order valence-electron chi connectivity index (χ1n) is 3.48. The molecule has 0 radical (unpaired) electrons. The van der Waals surface area contributed by atoms with E-state index in [4.69, 9.17) is 15.3 Å². The van der Waals surface area contributed by atoms with Gasteiger partial charge < -0.3 is 15.3 Å². The first kappa shape index (κ1) is 9.69.